The monoisotopic (exact) mass is 490 g/mol. The summed E-state index contributed by atoms with van der Waals surface area (Å²) in [6.07, 6.45) is 1.83. The van der Waals surface area contributed by atoms with Crippen molar-refractivity contribution < 1.29 is 23.8 Å². The lowest BCUT2D eigenvalue weighted by atomic mass is 10.0. The number of aliphatic hydroxyl groups is 1. The zero-order valence-electron chi connectivity index (χ0n) is 20.0. The number of carbonyl (C=O) groups excluding carboxylic acids is 1. The lowest BCUT2D eigenvalue weighted by molar-refractivity contribution is -0.136. The van der Waals surface area contributed by atoms with Crippen molar-refractivity contribution in [3.63, 3.8) is 0 Å². The van der Waals surface area contributed by atoms with Crippen molar-refractivity contribution in [2.45, 2.75) is 32.4 Å². The molecule has 1 aliphatic heterocycles. The molecule has 1 aromatic heterocycles. The Balaban J connectivity index is 1.65. The molecule has 0 spiro atoms. The number of benzene rings is 1. The molecule has 2 heterocycles. The van der Waals surface area contributed by atoms with E-state index in [0.29, 0.717) is 37.9 Å². The van der Waals surface area contributed by atoms with Gasteiger partial charge in [0, 0.05) is 37.2 Å². The second-order valence-corrected chi connectivity index (χ2v) is 9.99. The third-order valence-corrected chi connectivity index (χ3v) is 6.59. The van der Waals surface area contributed by atoms with Crippen LogP contribution in [-0.4, -0.2) is 72.9 Å². The van der Waals surface area contributed by atoms with Gasteiger partial charge in [-0.25, -0.2) is 4.39 Å². The fourth-order valence-electron chi connectivity index (χ4n) is 4.07. The van der Waals surface area contributed by atoms with Crippen LogP contribution in [0.5, 0.6) is 5.75 Å². The highest BCUT2D eigenvalue weighted by Crippen LogP contribution is 2.34. The second-order valence-electron chi connectivity index (χ2n) is 8.99. The summed E-state index contributed by atoms with van der Waals surface area (Å²) in [7, 11) is 0. The number of nitrogens with zero attached hydrogens (tertiary/aromatic N) is 2. The molecule has 2 unspecified atom stereocenters. The van der Waals surface area contributed by atoms with Gasteiger partial charge in [0.05, 0.1) is 25.3 Å². The lowest BCUT2D eigenvalue weighted by Gasteiger charge is -2.37. The van der Waals surface area contributed by atoms with Crippen molar-refractivity contribution in [1.29, 1.82) is 0 Å². The number of fused-ring (bicyclic) bond motifs is 1. The fraction of sp³-hybridized carbons (Fsp3) is 0.500. The van der Waals surface area contributed by atoms with Crippen LogP contribution in [0.15, 0.2) is 48.4 Å². The van der Waals surface area contributed by atoms with E-state index >= 15 is 0 Å². The minimum Gasteiger partial charge on any atom is -0.491 e. The van der Waals surface area contributed by atoms with Gasteiger partial charge in [-0.15, -0.1) is 17.9 Å². The van der Waals surface area contributed by atoms with E-state index in [4.69, 9.17) is 9.47 Å². The van der Waals surface area contributed by atoms with Gasteiger partial charge in [0.2, 0.25) is 5.91 Å². The Morgan fingerprint density at radius 1 is 1.38 bits per heavy atom. The summed E-state index contributed by atoms with van der Waals surface area (Å²) in [5.74, 6) is 0.432. The number of hydrogen-bond donors (Lipinski definition) is 1. The van der Waals surface area contributed by atoms with Crippen LogP contribution in [0, 0.1) is 11.7 Å². The molecule has 2 aromatic rings. The van der Waals surface area contributed by atoms with Crippen LogP contribution in [-0.2, 0) is 16.0 Å². The number of thiophene rings is 1. The molecule has 0 saturated heterocycles. The maximum atomic E-state index is 13.6. The maximum absolute atomic E-state index is 13.6. The van der Waals surface area contributed by atoms with Crippen LogP contribution in [0.1, 0.15) is 30.3 Å². The smallest absolute Gasteiger partial charge is 0.237 e. The SMILES string of the molecule is C=CCN(CC(=O)N1CCc2sccc2C1COc1cccc(F)c1)CC(O)COCC(C)C. The molecule has 1 N–H and O–H groups in total. The zero-order valence-corrected chi connectivity index (χ0v) is 20.8. The van der Waals surface area contributed by atoms with Gasteiger partial charge in [-0.2, -0.15) is 0 Å². The summed E-state index contributed by atoms with van der Waals surface area (Å²) in [6, 6.07) is 7.82. The predicted octanol–water partition coefficient (Wildman–Crippen LogP) is 3.91. The zero-order chi connectivity index (χ0) is 24.5. The van der Waals surface area contributed by atoms with E-state index in [1.54, 1.807) is 29.5 Å². The van der Waals surface area contributed by atoms with Crippen molar-refractivity contribution in [2.75, 3.05) is 46.0 Å². The molecule has 0 bridgehead atoms. The van der Waals surface area contributed by atoms with Gasteiger partial charge in [0.15, 0.2) is 0 Å². The van der Waals surface area contributed by atoms with Crippen molar-refractivity contribution >= 4 is 17.2 Å². The largest absolute Gasteiger partial charge is 0.491 e. The first-order chi connectivity index (χ1) is 16.4. The molecule has 0 radical (unpaired) electrons. The average Bonchev–Trinajstić information content (AvgIpc) is 3.26. The number of ether oxygens (including phenoxy) is 2. The lowest BCUT2D eigenvalue weighted by Crippen LogP contribution is -2.48. The molecule has 34 heavy (non-hydrogen) atoms. The van der Waals surface area contributed by atoms with E-state index in [-0.39, 0.29) is 37.5 Å². The molecule has 0 aliphatic carbocycles. The number of amides is 1. The quantitative estimate of drug-likeness (QED) is 0.432. The third-order valence-electron chi connectivity index (χ3n) is 5.60. The highest BCUT2D eigenvalue weighted by molar-refractivity contribution is 7.10. The molecular formula is C26H35FN2O4S. The Morgan fingerprint density at radius 2 is 2.21 bits per heavy atom. The average molecular weight is 491 g/mol. The van der Waals surface area contributed by atoms with Gasteiger partial charge in [-0.1, -0.05) is 26.0 Å². The Bertz CT molecular complexity index is 935. The first-order valence-electron chi connectivity index (χ1n) is 11.7. The summed E-state index contributed by atoms with van der Waals surface area (Å²) >= 11 is 1.68. The third kappa shape index (κ3) is 7.63. The van der Waals surface area contributed by atoms with Gasteiger partial charge in [0.1, 0.15) is 18.2 Å². The molecule has 1 amide bonds. The highest BCUT2D eigenvalue weighted by atomic mass is 32.1. The Hall–Kier alpha value is -2.26. The summed E-state index contributed by atoms with van der Waals surface area (Å²) in [5.41, 5.74) is 1.08. The standard InChI is InChI=1S/C26H35FN2O4S/c1-4-10-28(14-21(30)17-32-16-19(2)3)15-26(31)29-11-8-25-23(9-12-34-25)24(29)18-33-22-7-5-6-20(27)13-22/h4-7,9,12-13,19,21,24,30H,1,8,10-11,14-18H2,2-3H3. The van der Waals surface area contributed by atoms with E-state index < -0.39 is 6.10 Å². The van der Waals surface area contributed by atoms with Crippen LogP contribution < -0.4 is 4.74 Å². The maximum Gasteiger partial charge on any atom is 0.237 e. The topological polar surface area (TPSA) is 62.2 Å². The molecule has 3 rings (SSSR count). The van der Waals surface area contributed by atoms with Gasteiger partial charge >= 0.3 is 0 Å². The number of carbonyl (C=O) groups is 1. The van der Waals surface area contributed by atoms with E-state index in [1.807, 2.05) is 21.2 Å². The van der Waals surface area contributed by atoms with E-state index in [0.717, 1.165) is 12.0 Å². The number of halogens is 1. The molecule has 186 valence electrons. The second kappa shape index (κ2) is 13.0. The Morgan fingerprint density at radius 3 is 2.94 bits per heavy atom. The first-order valence-corrected chi connectivity index (χ1v) is 12.6. The van der Waals surface area contributed by atoms with Crippen LogP contribution in [0.2, 0.25) is 0 Å². The van der Waals surface area contributed by atoms with Gasteiger partial charge in [-0.05, 0) is 41.5 Å². The van der Waals surface area contributed by atoms with Crippen molar-refractivity contribution in [3.8, 4) is 5.75 Å². The molecular weight excluding hydrogens is 455 g/mol. The highest BCUT2D eigenvalue weighted by Gasteiger charge is 2.33. The predicted molar refractivity (Wildman–Crippen MR) is 133 cm³/mol. The number of hydrogen-bond acceptors (Lipinski definition) is 6. The van der Waals surface area contributed by atoms with Gasteiger partial charge < -0.3 is 19.5 Å². The molecule has 0 fully saturated rings. The van der Waals surface area contributed by atoms with E-state index in [1.165, 1.54) is 17.0 Å². The van der Waals surface area contributed by atoms with E-state index in [2.05, 4.69) is 20.4 Å². The van der Waals surface area contributed by atoms with Gasteiger partial charge in [0.25, 0.3) is 0 Å². The van der Waals surface area contributed by atoms with Gasteiger partial charge in [-0.3, -0.25) is 9.69 Å². The Labute approximate surface area is 205 Å². The normalized spacial score (nSPS) is 16.5. The molecule has 0 saturated carbocycles. The van der Waals surface area contributed by atoms with Crippen LogP contribution in [0.4, 0.5) is 4.39 Å². The summed E-state index contributed by atoms with van der Waals surface area (Å²) in [5, 5.41) is 12.4. The number of aliphatic hydroxyl groups excluding tert-OH is 1. The Kier molecular flexibility index (Phi) is 10.1. The van der Waals surface area contributed by atoms with E-state index in [9.17, 15) is 14.3 Å². The van der Waals surface area contributed by atoms with Crippen molar-refractivity contribution in [1.82, 2.24) is 9.80 Å². The first kappa shape index (κ1) is 26.3. The molecule has 8 heteroatoms. The minimum absolute atomic E-state index is 0.0400. The fourth-order valence-corrected chi connectivity index (χ4v) is 4.99. The molecule has 6 nitrogen and oxygen atoms in total. The summed E-state index contributed by atoms with van der Waals surface area (Å²) in [4.78, 5) is 18.4. The number of rotatable bonds is 13. The minimum atomic E-state index is -0.691. The van der Waals surface area contributed by atoms with Crippen molar-refractivity contribution in [3.05, 3.63) is 64.6 Å². The molecule has 1 aliphatic rings. The molecule has 2 atom stereocenters. The van der Waals surface area contributed by atoms with Crippen LogP contribution in [0.3, 0.4) is 0 Å². The van der Waals surface area contributed by atoms with Crippen molar-refractivity contribution in [2.24, 2.45) is 5.92 Å². The van der Waals surface area contributed by atoms with Crippen LogP contribution >= 0.6 is 11.3 Å². The van der Waals surface area contributed by atoms with Crippen LogP contribution in [0.25, 0.3) is 0 Å². The molecule has 1 aromatic carbocycles. The summed E-state index contributed by atoms with van der Waals surface area (Å²) < 4.78 is 25.0. The summed E-state index contributed by atoms with van der Waals surface area (Å²) in [6.45, 7) is 10.5.